The summed E-state index contributed by atoms with van der Waals surface area (Å²) in [5.41, 5.74) is 5.59. The third-order valence-corrected chi connectivity index (χ3v) is 9.14. The van der Waals surface area contributed by atoms with Gasteiger partial charge >= 0.3 is 12.1 Å². The van der Waals surface area contributed by atoms with Gasteiger partial charge < -0.3 is 19.7 Å². The van der Waals surface area contributed by atoms with Gasteiger partial charge in [-0.15, -0.1) is 0 Å². The van der Waals surface area contributed by atoms with Gasteiger partial charge in [-0.25, -0.2) is 4.79 Å². The van der Waals surface area contributed by atoms with Crippen LogP contribution < -0.4 is 9.47 Å². The highest BCUT2D eigenvalue weighted by molar-refractivity contribution is 5.66. The second kappa shape index (κ2) is 16.9. The second-order valence-electron chi connectivity index (χ2n) is 12.5. The average molecular weight is 624 g/mol. The van der Waals surface area contributed by atoms with E-state index in [0.29, 0.717) is 24.7 Å². The highest BCUT2D eigenvalue weighted by Crippen LogP contribution is 2.37. The van der Waals surface area contributed by atoms with Crippen LogP contribution in [0, 0.1) is 17.8 Å². The maximum absolute atomic E-state index is 11.1. The molecule has 7 nitrogen and oxygen atoms in total. The number of rotatable bonds is 13. The molecule has 7 heteroatoms. The van der Waals surface area contributed by atoms with Crippen molar-refractivity contribution in [3.63, 3.8) is 0 Å². The highest BCUT2D eigenvalue weighted by Gasteiger charge is 2.26. The summed E-state index contributed by atoms with van der Waals surface area (Å²) in [6, 6.07) is 22.3. The maximum Gasteiger partial charge on any atom is 0.511 e. The number of carboxylic acids is 1. The summed E-state index contributed by atoms with van der Waals surface area (Å²) in [6.07, 6.45) is 10.3. The van der Waals surface area contributed by atoms with Crippen LogP contribution in [0.15, 0.2) is 66.7 Å². The molecule has 0 radical (unpaired) electrons. The molecule has 1 unspecified atom stereocenters. The van der Waals surface area contributed by atoms with Crippen LogP contribution in [0.25, 0.3) is 0 Å². The fourth-order valence-corrected chi connectivity index (χ4v) is 6.72. The number of carbonyl (C=O) groups is 2. The van der Waals surface area contributed by atoms with Crippen LogP contribution >= 0.6 is 0 Å². The van der Waals surface area contributed by atoms with Crippen molar-refractivity contribution >= 4 is 12.1 Å². The summed E-state index contributed by atoms with van der Waals surface area (Å²) in [6.45, 7) is 2.05. The molecule has 2 N–H and O–H groups in total. The van der Waals surface area contributed by atoms with E-state index in [1.54, 1.807) is 6.07 Å². The lowest BCUT2D eigenvalue weighted by Crippen LogP contribution is -2.34. The average Bonchev–Trinajstić information content (AvgIpc) is 3.06. The molecule has 2 aliphatic carbocycles. The van der Waals surface area contributed by atoms with E-state index >= 15 is 0 Å². The summed E-state index contributed by atoms with van der Waals surface area (Å²) >= 11 is 0. The summed E-state index contributed by atoms with van der Waals surface area (Å²) < 4.78 is 11.3. The van der Waals surface area contributed by atoms with Crippen molar-refractivity contribution in [3.05, 3.63) is 94.5 Å². The highest BCUT2D eigenvalue weighted by atomic mass is 16.7. The molecule has 0 aromatic heterocycles. The minimum Gasteiger partial charge on any atom is -0.489 e. The van der Waals surface area contributed by atoms with Crippen LogP contribution in [-0.2, 0) is 24.2 Å². The normalized spacial score (nSPS) is 16.2. The Hall–Kier alpha value is -4.28. The Morgan fingerprint density at radius 1 is 0.870 bits per heavy atom. The largest absolute Gasteiger partial charge is 0.511 e. The zero-order valence-corrected chi connectivity index (χ0v) is 26.6. The third kappa shape index (κ3) is 9.86. The summed E-state index contributed by atoms with van der Waals surface area (Å²) in [5, 5.41) is 18.2. The Morgan fingerprint density at radius 3 is 2.46 bits per heavy atom. The molecular weight excluding hydrogens is 578 g/mol. The van der Waals surface area contributed by atoms with Gasteiger partial charge in [-0.05, 0) is 110 Å². The molecule has 0 aliphatic heterocycles. The smallest absolute Gasteiger partial charge is 0.489 e. The van der Waals surface area contributed by atoms with Gasteiger partial charge in [0.05, 0.1) is 0 Å². The van der Waals surface area contributed by atoms with E-state index in [0.717, 1.165) is 73.2 Å². The number of unbranched alkanes of at least 4 members (excludes halogenated alkanes) is 1. The Kier molecular flexibility index (Phi) is 12.1. The van der Waals surface area contributed by atoms with Crippen molar-refractivity contribution < 1.29 is 29.3 Å². The summed E-state index contributed by atoms with van der Waals surface area (Å²) in [5.74, 6) is 7.81. The summed E-state index contributed by atoms with van der Waals surface area (Å²) in [4.78, 5) is 24.7. The number of ether oxygens (including phenoxy) is 2. The molecule has 1 saturated carbocycles. The van der Waals surface area contributed by atoms with E-state index in [1.165, 1.54) is 37.7 Å². The standard InChI is InChI=1S/C39H45NO6/c41-38(42)15-6-7-25-40(36-13-8-12-33-27-34(46-39(43)44)22-23-35(33)36)26-24-32-11-4-5-14-37(32)45-28-31-20-18-30(19-21-31)17-16-29-9-2-1-3-10-29/h4-5,11,14,18-23,27,29,36H,1-3,6-10,12-13,15,24-26,28H2,(H,41,42)(H,43,44). The van der Waals surface area contributed by atoms with Crippen LogP contribution in [0.5, 0.6) is 11.5 Å². The minimum atomic E-state index is -1.32. The number of para-hydroxylation sites is 1. The summed E-state index contributed by atoms with van der Waals surface area (Å²) in [7, 11) is 0. The van der Waals surface area contributed by atoms with Crippen molar-refractivity contribution in [1.82, 2.24) is 4.90 Å². The first-order valence-corrected chi connectivity index (χ1v) is 16.8. The molecule has 0 bridgehead atoms. The Balaban J connectivity index is 1.23. The third-order valence-electron chi connectivity index (χ3n) is 9.14. The molecule has 0 amide bonds. The zero-order chi connectivity index (χ0) is 32.1. The SMILES string of the molecule is O=C(O)CCCCN(CCc1ccccc1OCc1ccc(C#CC2CCCCC2)cc1)C1CCCc2cc(OC(=O)O)ccc21. The molecule has 242 valence electrons. The van der Waals surface area contributed by atoms with E-state index in [2.05, 4.69) is 47.1 Å². The molecule has 1 fully saturated rings. The van der Waals surface area contributed by atoms with Gasteiger partial charge in [0.2, 0.25) is 0 Å². The molecule has 1 atom stereocenters. The first kappa shape index (κ1) is 33.1. The van der Waals surface area contributed by atoms with E-state index < -0.39 is 12.1 Å². The molecule has 46 heavy (non-hydrogen) atoms. The Morgan fingerprint density at radius 2 is 1.67 bits per heavy atom. The van der Waals surface area contributed by atoms with Crippen molar-refractivity contribution in [2.24, 2.45) is 5.92 Å². The molecule has 0 spiro atoms. The van der Waals surface area contributed by atoms with E-state index in [4.69, 9.17) is 19.7 Å². The molecule has 5 rings (SSSR count). The number of hydrogen-bond acceptors (Lipinski definition) is 5. The lowest BCUT2D eigenvalue weighted by atomic mass is 9.86. The number of aryl methyl sites for hydroxylation is 1. The number of aliphatic carboxylic acids is 1. The van der Waals surface area contributed by atoms with Crippen molar-refractivity contribution in [3.8, 4) is 23.3 Å². The van der Waals surface area contributed by atoms with Gasteiger partial charge in [0, 0.05) is 30.5 Å². The molecule has 0 saturated heterocycles. The lowest BCUT2D eigenvalue weighted by Gasteiger charge is -2.36. The predicted molar refractivity (Wildman–Crippen MR) is 178 cm³/mol. The number of nitrogens with zero attached hydrogens (tertiary/aromatic N) is 1. The quantitative estimate of drug-likeness (QED) is 0.0854. The molecule has 3 aromatic rings. The number of carboxylic acid groups (broad SMARTS) is 2. The lowest BCUT2D eigenvalue weighted by molar-refractivity contribution is -0.137. The number of hydrogen-bond donors (Lipinski definition) is 2. The molecular formula is C39H45NO6. The van der Waals surface area contributed by atoms with Crippen LogP contribution in [0.4, 0.5) is 4.79 Å². The second-order valence-corrected chi connectivity index (χ2v) is 12.5. The van der Waals surface area contributed by atoms with Gasteiger partial charge in [0.25, 0.3) is 0 Å². The van der Waals surface area contributed by atoms with Gasteiger partial charge in [0.15, 0.2) is 0 Å². The zero-order valence-electron chi connectivity index (χ0n) is 26.6. The van der Waals surface area contributed by atoms with Crippen LogP contribution in [0.3, 0.4) is 0 Å². The predicted octanol–water partition coefficient (Wildman–Crippen LogP) is 8.43. The first-order chi connectivity index (χ1) is 22.4. The first-order valence-electron chi connectivity index (χ1n) is 16.8. The van der Waals surface area contributed by atoms with Gasteiger partial charge in [-0.1, -0.05) is 67.5 Å². The van der Waals surface area contributed by atoms with Gasteiger partial charge in [0.1, 0.15) is 18.1 Å². The van der Waals surface area contributed by atoms with Crippen LogP contribution in [0.1, 0.15) is 98.1 Å². The number of benzene rings is 3. The van der Waals surface area contributed by atoms with Gasteiger partial charge in [-0.2, -0.15) is 0 Å². The van der Waals surface area contributed by atoms with Gasteiger partial charge in [-0.3, -0.25) is 9.69 Å². The van der Waals surface area contributed by atoms with Crippen LogP contribution in [0.2, 0.25) is 0 Å². The van der Waals surface area contributed by atoms with E-state index in [9.17, 15) is 9.59 Å². The Labute approximate surface area is 272 Å². The van der Waals surface area contributed by atoms with E-state index in [1.807, 2.05) is 30.3 Å². The molecule has 2 aliphatic rings. The van der Waals surface area contributed by atoms with Crippen LogP contribution in [-0.4, -0.2) is 40.3 Å². The van der Waals surface area contributed by atoms with Crippen molar-refractivity contribution in [2.45, 2.75) is 89.7 Å². The topological polar surface area (TPSA) is 96.3 Å². The van der Waals surface area contributed by atoms with E-state index in [-0.39, 0.29) is 12.5 Å². The Bertz CT molecular complexity index is 1520. The molecule has 0 heterocycles. The number of fused-ring (bicyclic) bond motifs is 1. The van der Waals surface area contributed by atoms with Crippen molar-refractivity contribution in [1.29, 1.82) is 0 Å². The minimum absolute atomic E-state index is 0.162. The monoisotopic (exact) mass is 623 g/mol. The maximum atomic E-state index is 11.1. The van der Waals surface area contributed by atoms with Crippen molar-refractivity contribution in [2.75, 3.05) is 13.1 Å². The fourth-order valence-electron chi connectivity index (χ4n) is 6.72. The fraction of sp³-hybridized carbons (Fsp3) is 0.436. The molecule has 3 aromatic carbocycles.